The molecule has 114 valence electrons. The van der Waals surface area contributed by atoms with Crippen molar-refractivity contribution in [2.24, 2.45) is 5.73 Å². The summed E-state index contributed by atoms with van der Waals surface area (Å²) < 4.78 is 5.50. The molecule has 1 aromatic rings. The molecule has 1 aliphatic rings. The lowest BCUT2D eigenvalue weighted by molar-refractivity contribution is -0.119. The van der Waals surface area contributed by atoms with Crippen LogP contribution in [-0.2, 0) is 9.59 Å². The molecule has 4 N–H and O–H groups in total. The number of hydrogen-bond donors (Lipinski definition) is 3. The SMILES string of the molecule is NC(=O)CCOc1ccccc1NC(=O)[C@H]1CCCCN1. The number of primary amides is 1. The van der Waals surface area contributed by atoms with E-state index in [9.17, 15) is 9.59 Å². The van der Waals surface area contributed by atoms with Gasteiger partial charge in [0.2, 0.25) is 11.8 Å². The van der Waals surface area contributed by atoms with Gasteiger partial charge in [0.15, 0.2) is 0 Å². The van der Waals surface area contributed by atoms with E-state index in [4.69, 9.17) is 10.5 Å². The smallest absolute Gasteiger partial charge is 0.241 e. The molecule has 2 rings (SSSR count). The van der Waals surface area contributed by atoms with Crippen molar-refractivity contribution in [3.05, 3.63) is 24.3 Å². The summed E-state index contributed by atoms with van der Waals surface area (Å²) in [5.74, 6) is 0.0754. The first-order valence-corrected chi connectivity index (χ1v) is 7.21. The molecule has 0 bridgehead atoms. The van der Waals surface area contributed by atoms with Crippen molar-refractivity contribution in [1.82, 2.24) is 5.32 Å². The maximum atomic E-state index is 12.2. The van der Waals surface area contributed by atoms with Gasteiger partial charge in [-0.1, -0.05) is 18.6 Å². The summed E-state index contributed by atoms with van der Waals surface area (Å²) >= 11 is 0. The van der Waals surface area contributed by atoms with Gasteiger partial charge < -0.3 is 21.1 Å². The largest absolute Gasteiger partial charge is 0.491 e. The Hall–Kier alpha value is -2.08. The number of nitrogens with two attached hydrogens (primary N) is 1. The Morgan fingerprint density at radius 1 is 1.33 bits per heavy atom. The first kappa shape index (κ1) is 15.3. The second-order valence-electron chi connectivity index (χ2n) is 5.05. The zero-order valence-electron chi connectivity index (χ0n) is 11.9. The van der Waals surface area contributed by atoms with Crippen molar-refractivity contribution in [3.63, 3.8) is 0 Å². The highest BCUT2D eigenvalue weighted by Gasteiger charge is 2.21. The molecule has 0 aromatic heterocycles. The predicted octanol–water partition coefficient (Wildman–Crippen LogP) is 1.02. The maximum Gasteiger partial charge on any atom is 0.241 e. The van der Waals surface area contributed by atoms with Crippen molar-refractivity contribution in [1.29, 1.82) is 0 Å². The molecule has 1 heterocycles. The molecular formula is C15H21N3O3. The number of hydrogen-bond acceptors (Lipinski definition) is 4. The van der Waals surface area contributed by atoms with Crippen LogP contribution in [0.3, 0.4) is 0 Å². The van der Waals surface area contributed by atoms with Crippen molar-refractivity contribution in [2.75, 3.05) is 18.5 Å². The van der Waals surface area contributed by atoms with Gasteiger partial charge in [-0.3, -0.25) is 9.59 Å². The van der Waals surface area contributed by atoms with Gasteiger partial charge in [0.25, 0.3) is 0 Å². The van der Waals surface area contributed by atoms with Gasteiger partial charge in [-0.25, -0.2) is 0 Å². The molecular weight excluding hydrogens is 270 g/mol. The molecule has 1 aliphatic heterocycles. The lowest BCUT2D eigenvalue weighted by Gasteiger charge is -2.23. The maximum absolute atomic E-state index is 12.2. The Morgan fingerprint density at radius 2 is 2.14 bits per heavy atom. The fourth-order valence-electron chi connectivity index (χ4n) is 2.25. The molecule has 0 spiro atoms. The quantitative estimate of drug-likeness (QED) is 0.729. The van der Waals surface area contributed by atoms with Crippen LogP contribution in [0.2, 0.25) is 0 Å². The van der Waals surface area contributed by atoms with Crippen molar-refractivity contribution in [3.8, 4) is 5.75 Å². The van der Waals surface area contributed by atoms with Crippen molar-refractivity contribution in [2.45, 2.75) is 31.7 Å². The zero-order chi connectivity index (χ0) is 15.1. The van der Waals surface area contributed by atoms with Gasteiger partial charge >= 0.3 is 0 Å². The second kappa shape index (κ2) is 7.64. The molecule has 1 aromatic carbocycles. The minimum atomic E-state index is -0.414. The summed E-state index contributed by atoms with van der Waals surface area (Å²) in [7, 11) is 0. The number of anilines is 1. The van der Waals surface area contributed by atoms with Crippen LogP contribution in [0, 0.1) is 0 Å². The van der Waals surface area contributed by atoms with E-state index < -0.39 is 5.91 Å². The monoisotopic (exact) mass is 291 g/mol. The normalized spacial score (nSPS) is 18.0. The van der Waals surface area contributed by atoms with Crippen LogP contribution >= 0.6 is 0 Å². The fraction of sp³-hybridized carbons (Fsp3) is 0.467. The summed E-state index contributed by atoms with van der Waals surface area (Å²) in [6.07, 6.45) is 3.15. The first-order chi connectivity index (χ1) is 10.2. The number of benzene rings is 1. The van der Waals surface area contributed by atoms with E-state index in [1.54, 1.807) is 12.1 Å². The third-order valence-corrected chi connectivity index (χ3v) is 3.38. The molecule has 1 saturated heterocycles. The number of ether oxygens (including phenoxy) is 1. The molecule has 1 fully saturated rings. The molecule has 1 atom stereocenters. The van der Waals surface area contributed by atoms with E-state index in [2.05, 4.69) is 10.6 Å². The van der Waals surface area contributed by atoms with E-state index in [-0.39, 0.29) is 25.0 Å². The lowest BCUT2D eigenvalue weighted by Crippen LogP contribution is -2.43. The minimum absolute atomic E-state index is 0.0550. The Labute approximate surface area is 124 Å². The van der Waals surface area contributed by atoms with Crippen LogP contribution in [-0.4, -0.2) is 31.0 Å². The van der Waals surface area contributed by atoms with Gasteiger partial charge in [0.1, 0.15) is 5.75 Å². The van der Waals surface area contributed by atoms with Gasteiger partial charge in [-0.15, -0.1) is 0 Å². The number of amides is 2. The second-order valence-corrected chi connectivity index (χ2v) is 5.05. The Morgan fingerprint density at radius 3 is 2.86 bits per heavy atom. The van der Waals surface area contributed by atoms with Crippen LogP contribution in [0.25, 0.3) is 0 Å². The summed E-state index contributed by atoms with van der Waals surface area (Å²) in [6.45, 7) is 1.07. The molecule has 0 radical (unpaired) electrons. The highest BCUT2D eigenvalue weighted by Crippen LogP contribution is 2.24. The first-order valence-electron chi connectivity index (χ1n) is 7.21. The average molecular weight is 291 g/mol. The van der Waals surface area contributed by atoms with Crippen LogP contribution < -0.4 is 21.1 Å². The van der Waals surface area contributed by atoms with Crippen LogP contribution in [0.4, 0.5) is 5.69 Å². The van der Waals surface area contributed by atoms with Crippen molar-refractivity contribution < 1.29 is 14.3 Å². The van der Waals surface area contributed by atoms with Crippen LogP contribution in [0.15, 0.2) is 24.3 Å². The number of carbonyl (C=O) groups excluding carboxylic acids is 2. The molecule has 0 aliphatic carbocycles. The van der Waals surface area contributed by atoms with Crippen LogP contribution in [0.1, 0.15) is 25.7 Å². The molecule has 2 amide bonds. The minimum Gasteiger partial charge on any atom is -0.491 e. The van der Waals surface area contributed by atoms with Gasteiger partial charge in [0.05, 0.1) is 24.8 Å². The topological polar surface area (TPSA) is 93.5 Å². The standard InChI is InChI=1S/C15H21N3O3/c16-14(19)8-10-21-13-7-2-1-5-11(13)18-15(20)12-6-3-4-9-17-12/h1-2,5,7,12,17H,3-4,6,8-10H2,(H2,16,19)(H,18,20)/t12-/m1/s1. The zero-order valence-corrected chi connectivity index (χ0v) is 11.9. The van der Waals surface area contributed by atoms with Crippen molar-refractivity contribution >= 4 is 17.5 Å². The van der Waals surface area contributed by atoms with E-state index in [1.165, 1.54) is 0 Å². The summed E-state index contributed by atoms with van der Waals surface area (Å²) in [5.41, 5.74) is 5.69. The fourth-order valence-corrected chi connectivity index (χ4v) is 2.25. The van der Waals surface area contributed by atoms with E-state index >= 15 is 0 Å². The highest BCUT2D eigenvalue weighted by atomic mass is 16.5. The number of carbonyl (C=O) groups is 2. The average Bonchev–Trinajstić information content (AvgIpc) is 2.49. The molecule has 0 unspecified atom stereocenters. The van der Waals surface area contributed by atoms with E-state index in [0.29, 0.717) is 11.4 Å². The van der Waals surface area contributed by atoms with Crippen LogP contribution in [0.5, 0.6) is 5.75 Å². The molecule has 6 heteroatoms. The third kappa shape index (κ3) is 4.75. The number of rotatable bonds is 6. The third-order valence-electron chi connectivity index (χ3n) is 3.38. The Bertz CT molecular complexity index is 499. The summed E-state index contributed by atoms with van der Waals surface area (Å²) in [4.78, 5) is 22.9. The predicted molar refractivity (Wildman–Crippen MR) is 80.0 cm³/mol. The number of nitrogens with one attached hydrogen (secondary N) is 2. The van der Waals surface area contributed by atoms with Gasteiger partial charge in [-0.2, -0.15) is 0 Å². The molecule has 6 nitrogen and oxygen atoms in total. The summed E-state index contributed by atoms with van der Waals surface area (Å²) in [5, 5.41) is 6.08. The Balaban J connectivity index is 1.95. The Kier molecular flexibility index (Phi) is 5.57. The van der Waals surface area contributed by atoms with E-state index in [0.717, 1.165) is 25.8 Å². The summed E-state index contributed by atoms with van der Waals surface area (Å²) in [6, 6.07) is 7.02. The highest BCUT2D eigenvalue weighted by molar-refractivity contribution is 5.96. The number of para-hydroxylation sites is 2. The molecule has 0 saturated carbocycles. The number of piperidine rings is 1. The molecule has 21 heavy (non-hydrogen) atoms. The van der Waals surface area contributed by atoms with Gasteiger partial charge in [0, 0.05) is 0 Å². The lowest BCUT2D eigenvalue weighted by atomic mass is 10.0. The van der Waals surface area contributed by atoms with E-state index in [1.807, 2.05) is 12.1 Å². The van der Waals surface area contributed by atoms with Gasteiger partial charge in [-0.05, 0) is 31.5 Å².